The van der Waals surface area contributed by atoms with Gasteiger partial charge < -0.3 is 10.2 Å². The Morgan fingerprint density at radius 1 is 1.06 bits per heavy atom. The molecule has 3 heteroatoms. The van der Waals surface area contributed by atoms with Crippen molar-refractivity contribution in [1.82, 2.24) is 15.1 Å². The highest BCUT2D eigenvalue weighted by atomic mass is 15.3. The van der Waals surface area contributed by atoms with Crippen LogP contribution in [0.25, 0.3) is 0 Å². The fourth-order valence-corrected chi connectivity index (χ4v) is 2.71. The van der Waals surface area contributed by atoms with E-state index in [0.717, 1.165) is 19.0 Å². The van der Waals surface area contributed by atoms with Crippen molar-refractivity contribution in [3.8, 4) is 0 Å². The number of hydrogen-bond acceptors (Lipinski definition) is 3. The maximum Gasteiger partial charge on any atom is 0.0244 e. The van der Waals surface area contributed by atoms with Gasteiger partial charge in [-0.25, -0.2) is 0 Å². The molecule has 3 nitrogen and oxygen atoms in total. The summed E-state index contributed by atoms with van der Waals surface area (Å²) in [6.45, 7) is 17.6. The van der Waals surface area contributed by atoms with Crippen LogP contribution in [0.15, 0.2) is 0 Å². The van der Waals surface area contributed by atoms with Gasteiger partial charge in [0, 0.05) is 38.8 Å². The summed E-state index contributed by atoms with van der Waals surface area (Å²) in [5.41, 5.74) is 0. The van der Waals surface area contributed by atoms with Crippen LogP contribution >= 0.6 is 0 Å². The second kappa shape index (κ2) is 8.06. The monoisotopic (exact) mass is 241 g/mol. The molecule has 0 saturated carbocycles. The maximum atomic E-state index is 3.51. The molecule has 0 aromatic carbocycles. The Kier molecular flexibility index (Phi) is 7.09. The predicted molar refractivity (Wildman–Crippen MR) is 75.5 cm³/mol. The van der Waals surface area contributed by atoms with Crippen molar-refractivity contribution in [3.05, 3.63) is 0 Å². The molecule has 102 valence electrons. The van der Waals surface area contributed by atoms with Crippen molar-refractivity contribution in [2.24, 2.45) is 5.92 Å². The van der Waals surface area contributed by atoms with Gasteiger partial charge in [0.15, 0.2) is 0 Å². The summed E-state index contributed by atoms with van der Waals surface area (Å²) >= 11 is 0. The van der Waals surface area contributed by atoms with Crippen molar-refractivity contribution in [2.75, 3.05) is 45.8 Å². The molecule has 1 heterocycles. The molecule has 0 bridgehead atoms. The van der Waals surface area contributed by atoms with Crippen molar-refractivity contribution >= 4 is 0 Å². The molecule has 1 aliphatic rings. The molecule has 1 atom stereocenters. The lowest BCUT2D eigenvalue weighted by Gasteiger charge is -2.41. The highest BCUT2D eigenvalue weighted by molar-refractivity contribution is 4.81. The molecule has 1 saturated heterocycles. The molecule has 1 rings (SSSR count). The van der Waals surface area contributed by atoms with Gasteiger partial charge >= 0.3 is 0 Å². The third-order valence-electron chi connectivity index (χ3n) is 3.79. The van der Waals surface area contributed by atoms with Gasteiger partial charge in [-0.3, -0.25) is 4.90 Å². The zero-order valence-corrected chi connectivity index (χ0v) is 12.2. The third-order valence-corrected chi connectivity index (χ3v) is 3.79. The van der Waals surface area contributed by atoms with E-state index < -0.39 is 0 Å². The van der Waals surface area contributed by atoms with Crippen molar-refractivity contribution in [1.29, 1.82) is 0 Å². The van der Waals surface area contributed by atoms with Gasteiger partial charge in [-0.1, -0.05) is 27.7 Å². The number of hydrogen-bond donors (Lipinski definition) is 1. The lowest BCUT2D eigenvalue weighted by Crippen LogP contribution is -2.54. The average molecular weight is 241 g/mol. The number of nitrogens with one attached hydrogen (secondary N) is 1. The van der Waals surface area contributed by atoms with Crippen molar-refractivity contribution < 1.29 is 0 Å². The molecule has 0 aromatic heterocycles. The maximum absolute atomic E-state index is 3.51. The van der Waals surface area contributed by atoms with Crippen LogP contribution < -0.4 is 5.32 Å². The van der Waals surface area contributed by atoms with Crippen LogP contribution in [0.4, 0.5) is 0 Å². The summed E-state index contributed by atoms with van der Waals surface area (Å²) in [6.07, 6.45) is 1.28. The third kappa shape index (κ3) is 4.94. The minimum atomic E-state index is 0.707. The molecular formula is C14H31N3. The van der Waals surface area contributed by atoms with Gasteiger partial charge in [0.05, 0.1) is 0 Å². The van der Waals surface area contributed by atoms with E-state index in [4.69, 9.17) is 0 Å². The van der Waals surface area contributed by atoms with E-state index in [9.17, 15) is 0 Å². The van der Waals surface area contributed by atoms with Crippen LogP contribution in [0, 0.1) is 5.92 Å². The Bertz CT molecular complexity index is 186. The summed E-state index contributed by atoms with van der Waals surface area (Å²) in [5.74, 6) is 0.742. The van der Waals surface area contributed by atoms with Crippen LogP contribution in [0.3, 0.4) is 0 Å². The molecule has 0 amide bonds. The largest absolute Gasteiger partial charge is 0.315 e. The second-order valence-electron chi connectivity index (χ2n) is 5.50. The van der Waals surface area contributed by atoms with E-state index in [-0.39, 0.29) is 0 Å². The minimum absolute atomic E-state index is 0.707. The van der Waals surface area contributed by atoms with Gasteiger partial charge in [-0.2, -0.15) is 0 Å². The Labute approximate surface area is 108 Å². The van der Waals surface area contributed by atoms with E-state index in [1.165, 1.54) is 39.1 Å². The highest BCUT2D eigenvalue weighted by Crippen LogP contribution is 2.13. The van der Waals surface area contributed by atoms with Gasteiger partial charge in [0.1, 0.15) is 0 Å². The Morgan fingerprint density at radius 3 is 2.18 bits per heavy atom. The zero-order valence-electron chi connectivity index (χ0n) is 12.2. The lowest BCUT2D eigenvalue weighted by molar-refractivity contribution is 0.0761. The van der Waals surface area contributed by atoms with E-state index in [1.807, 2.05) is 0 Å². The first-order valence-electron chi connectivity index (χ1n) is 7.36. The van der Waals surface area contributed by atoms with Crippen molar-refractivity contribution in [3.63, 3.8) is 0 Å². The van der Waals surface area contributed by atoms with Crippen LogP contribution in [0.2, 0.25) is 0 Å². The number of likely N-dealkylation sites (N-methyl/N-ethyl adjacent to an activating group) is 1. The van der Waals surface area contributed by atoms with Crippen LogP contribution in [0.5, 0.6) is 0 Å². The zero-order chi connectivity index (χ0) is 12.7. The van der Waals surface area contributed by atoms with Crippen LogP contribution in [0.1, 0.15) is 34.1 Å². The summed E-state index contributed by atoms with van der Waals surface area (Å²) in [6, 6.07) is 0.707. The number of piperazine rings is 1. The molecule has 0 spiro atoms. The second-order valence-corrected chi connectivity index (χ2v) is 5.50. The average Bonchev–Trinajstić information content (AvgIpc) is 2.31. The van der Waals surface area contributed by atoms with E-state index in [2.05, 4.69) is 42.8 Å². The van der Waals surface area contributed by atoms with Crippen LogP contribution in [-0.4, -0.2) is 61.7 Å². The molecule has 1 N–H and O–H groups in total. The summed E-state index contributed by atoms with van der Waals surface area (Å²) in [7, 11) is 0. The first-order valence-corrected chi connectivity index (χ1v) is 7.36. The molecule has 17 heavy (non-hydrogen) atoms. The first-order chi connectivity index (χ1) is 8.19. The quantitative estimate of drug-likeness (QED) is 0.731. The predicted octanol–water partition coefficient (Wildman–Crippen LogP) is 1.65. The number of rotatable bonds is 7. The minimum Gasteiger partial charge on any atom is -0.315 e. The SMILES string of the molecule is CCCN1CCN(C(CNCC)C(C)C)CC1. The number of nitrogens with zero attached hydrogens (tertiary/aromatic N) is 2. The lowest BCUT2D eigenvalue weighted by atomic mass is 10.0. The summed E-state index contributed by atoms with van der Waals surface area (Å²) < 4.78 is 0. The molecule has 1 unspecified atom stereocenters. The van der Waals surface area contributed by atoms with Gasteiger partial charge in [-0.15, -0.1) is 0 Å². The van der Waals surface area contributed by atoms with E-state index in [0.29, 0.717) is 6.04 Å². The van der Waals surface area contributed by atoms with Crippen molar-refractivity contribution in [2.45, 2.75) is 40.2 Å². The van der Waals surface area contributed by atoms with Crippen LogP contribution in [-0.2, 0) is 0 Å². The van der Waals surface area contributed by atoms with Gasteiger partial charge in [-0.05, 0) is 25.4 Å². The molecule has 0 aliphatic carbocycles. The Morgan fingerprint density at radius 2 is 1.71 bits per heavy atom. The van der Waals surface area contributed by atoms with Gasteiger partial charge in [0.25, 0.3) is 0 Å². The summed E-state index contributed by atoms with van der Waals surface area (Å²) in [5, 5.41) is 3.51. The smallest absolute Gasteiger partial charge is 0.0244 e. The Hall–Kier alpha value is -0.120. The van der Waals surface area contributed by atoms with Gasteiger partial charge in [0.2, 0.25) is 0 Å². The normalized spacial score (nSPS) is 21.0. The molecule has 0 radical (unpaired) electrons. The fourth-order valence-electron chi connectivity index (χ4n) is 2.71. The molecular weight excluding hydrogens is 210 g/mol. The fraction of sp³-hybridized carbons (Fsp3) is 1.00. The molecule has 1 aliphatic heterocycles. The topological polar surface area (TPSA) is 18.5 Å². The standard InChI is InChI=1S/C14H31N3/c1-5-7-16-8-10-17(11-9-16)14(13(3)4)12-15-6-2/h13-15H,5-12H2,1-4H3. The molecule has 1 fully saturated rings. The Balaban J connectivity index is 2.37. The van der Waals surface area contributed by atoms with E-state index >= 15 is 0 Å². The first kappa shape index (κ1) is 14.9. The summed E-state index contributed by atoms with van der Waals surface area (Å²) in [4.78, 5) is 5.28. The molecule has 0 aromatic rings. The van der Waals surface area contributed by atoms with E-state index in [1.54, 1.807) is 0 Å². The highest BCUT2D eigenvalue weighted by Gasteiger charge is 2.25.